The molecule has 2 aromatic rings. The molecule has 0 bridgehead atoms. The lowest BCUT2D eigenvalue weighted by atomic mass is 10.0. The second kappa shape index (κ2) is 7.69. The van der Waals surface area contributed by atoms with Gasteiger partial charge in [0.15, 0.2) is 0 Å². The Morgan fingerprint density at radius 1 is 1.30 bits per heavy atom. The van der Waals surface area contributed by atoms with Crippen LogP contribution in [0.5, 0.6) is 0 Å². The molecule has 0 aliphatic heterocycles. The molecule has 1 aromatic heterocycles. The Kier molecular flexibility index (Phi) is 6.20. The third kappa shape index (κ3) is 4.38. The van der Waals surface area contributed by atoms with E-state index in [4.69, 9.17) is 0 Å². The Morgan fingerprint density at radius 2 is 2.10 bits per heavy atom. The molecule has 0 saturated heterocycles. The predicted molar refractivity (Wildman–Crippen MR) is 90.9 cm³/mol. The van der Waals surface area contributed by atoms with Gasteiger partial charge >= 0.3 is 0 Å². The highest BCUT2D eigenvalue weighted by molar-refractivity contribution is 9.10. The molecule has 1 nitrogen and oxygen atoms in total. The molecule has 0 spiro atoms. The van der Waals surface area contributed by atoms with Gasteiger partial charge in [-0.15, -0.1) is 11.3 Å². The summed E-state index contributed by atoms with van der Waals surface area (Å²) in [4.78, 5) is 1.28. The van der Waals surface area contributed by atoms with E-state index < -0.39 is 0 Å². The van der Waals surface area contributed by atoms with Crippen LogP contribution in [0.3, 0.4) is 0 Å². The molecule has 20 heavy (non-hydrogen) atoms. The number of benzene rings is 1. The van der Waals surface area contributed by atoms with Crippen LogP contribution in [0.4, 0.5) is 4.39 Å². The Labute approximate surface area is 139 Å². The van der Waals surface area contributed by atoms with Crippen LogP contribution in [0.25, 0.3) is 0 Å². The predicted octanol–water partition coefficient (Wildman–Crippen LogP) is 5.70. The van der Waals surface area contributed by atoms with Gasteiger partial charge in [0, 0.05) is 31.7 Å². The summed E-state index contributed by atoms with van der Waals surface area (Å²) in [6.07, 6.45) is 1.91. The molecule has 1 unspecified atom stereocenters. The smallest absolute Gasteiger partial charge is 0.123 e. The Balaban J connectivity index is 2.24. The summed E-state index contributed by atoms with van der Waals surface area (Å²) >= 11 is 8.73. The minimum absolute atomic E-state index is 0.116. The summed E-state index contributed by atoms with van der Waals surface area (Å²) in [6.45, 7) is 3.05. The summed E-state index contributed by atoms with van der Waals surface area (Å²) in [5.41, 5.74) is 0.975. The molecule has 0 radical (unpaired) electrons. The number of rotatable bonds is 6. The average molecular weight is 421 g/mol. The molecule has 1 aromatic carbocycles. The van der Waals surface area contributed by atoms with Gasteiger partial charge in [0.1, 0.15) is 5.82 Å². The lowest BCUT2D eigenvalue weighted by molar-refractivity contribution is 0.525. The summed E-state index contributed by atoms with van der Waals surface area (Å²) < 4.78 is 15.6. The normalized spacial score (nSPS) is 12.6. The van der Waals surface area contributed by atoms with Crippen LogP contribution in [0.15, 0.2) is 38.6 Å². The first-order chi connectivity index (χ1) is 9.60. The first-order valence-electron chi connectivity index (χ1n) is 6.51. The van der Waals surface area contributed by atoms with Gasteiger partial charge in [0.25, 0.3) is 0 Å². The maximum atomic E-state index is 13.5. The van der Waals surface area contributed by atoms with Gasteiger partial charge in [-0.1, -0.05) is 22.9 Å². The van der Waals surface area contributed by atoms with Gasteiger partial charge in [-0.25, -0.2) is 4.39 Å². The van der Waals surface area contributed by atoms with Crippen molar-refractivity contribution in [2.75, 3.05) is 6.54 Å². The summed E-state index contributed by atoms with van der Waals surface area (Å²) in [5.74, 6) is -0.196. The third-order valence-electron chi connectivity index (χ3n) is 3.00. The molecule has 0 aliphatic rings. The SMILES string of the molecule is CCCNC(Cc1cc(Br)cs1)c1cc(F)ccc1Br. The molecule has 0 aliphatic carbocycles. The zero-order chi connectivity index (χ0) is 14.5. The van der Waals surface area contributed by atoms with Crippen LogP contribution in [0.1, 0.15) is 29.8 Å². The van der Waals surface area contributed by atoms with Crippen molar-refractivity contribution >= 4 is 43.2 Å². The largest absolute Gasteiger partial charge is 0.310 e. The first-order valence-corrected chi connectivity index (χ1v) is 8.98. The molecule has 5 heteroatoms. The van der Waals surface area contributed by atoms with Crippen LogP contribution in [-0.2, 0) is 6.42 Å². The maximum absolute atomic E-state index is 13.5. The topological polar surface area (TPSA) is 12.0 Å². The van der Waals surface area contributed by atoms with Crippen LogP contribution < -0.4 is 5.32 Å². The van der Waals surface area contributed by atoms with Crippen LogP contribution >= 0.6 is 43.2 Å². The lowest BCUT2D eigenvalue weighted by Crippen LogP contribution is -2.24. The minimum atomic E-state index is -0.196. The van der Waals surface area contributed by atoms with E-state index in [0.29, 0.717) is 0 Å². The fourth-order valence-corrected chi connectivity index (χ4v) is 4.08. The van der Waals surface area contributed by atoms with Gasteiger partial charge in [-0.2, -0.15) is 0 Å². The zero-order valence-electron chi connectivity index (χ0n) is 11.1. The monoisotopic (exact) mass is 419 g/mol. The number of hydrogen-bond acceptors (Lipinski definition) is 2. The molecule has 1 N–H and O–H groups in total. The van der Waals surface area contributed by atoms with Crippen molar-refractivity contribution in [1.82, 2.24) is 5.32 Å². The second-order valence-corrected chi connectivity index (χ2v) is 7.37. The first kappa shape index (κ1) is 16.1. The Bertz CT molecular complexity index is 571. The van der Waals surface area contributed by atoms with E-state index >= 15 is 0 Å². The van der Waals surface area contributed by atoms with Gasteiger partial charge < -0.3 is 5.32 Å². The quantitative estimate of drug-likeness (QED) is 0.632. The molecule has 0 saturated carbocycles. The van der Waals surface area contributed by atoms with E-state index in [0.717, 1.165) is 33.9 Å². The molecule has 1 atom stereocenters. The Morgan fingerprint density at radius 3 is 2.75 bits per heavy atom. The van der Waals surface area contributed by atoms with Gasteiger partial charge in [0.2, 0.25) is 0 Å². The summed E-state index contributed by atoms with van der Waals surface area (Å²) in [7, 11) is 0. The molecular weight excluding hydrogens is 405 g/mol. The van der Waals surface area contributed by atoms with E-state index in [2.05, 4.69) is 55.5 Å². The highest BCUT2D eigenvalue weighted by Crippen LogP contribution is 2.30. The van der Waals surface area contributed by atoms with E-state index in [1.165, 1.54) is 10.9 Å². The van der Waals surface area contributed by atoms with E-state index in [9.17, 15) is 4.39 Å². The van der Waals surface area contributed by atoms with Gasteiger partial charge in [-0.05, 0) is 58.7 Å². The van der Waals surface area contributed by atoms with Crippen molar-refractivity contribution in [3.8, 4) is 0 Å². The third-order valence-corrected chi connectivity index (χ3v) is 5.44. The van der Waals surface area contributed by atoms with Crippen LogP contribution in [0.2, 0.25) is 0 Å². The standard InChI is InChI=1S/C15H16Br2FNS/c1-2-5-19-15(8-12-6-10(16)9-20-12)13-7-11(18)3-4-14(13)17/h3-4,6-7,9,15,19H,2,5,8H2,1H3. The van der Waals surface area contributed by atoms with E-state index in [1.807, 2.05) is 0 Å². The summed E-state index contributed by atoms with van der Waals surface area (Å²) in [6, 6.07) is 7.10. The lowest BCUT2D eigenvalue weighted by Gasteiger charge is -2.20. The molecule has 0 amide bonds. The molecule has 0 fully saturated rings. The molecule has 1 heterocycles. The number of halogens is 3. The van der Waals surface area contributed by atoms with Crippen molar-refractivity contribution in [3.05, 3.63) is 54.8 Å². The minimum Gasteiger partial charge on any atom is -0.310 e. The van der Waals surface area contributed by atoms with Crippen molar-refractivity contribution in [3.63, 3.8) is 0 Å². The maximum Gasteiger partial charge on any atom is 0.123 e. The molecule has 108 valence electrons. The highest BCUT2D eigenvalue weighted by Gasteiger charge is 2.16. The van der Waals surface area contributed by atoms with Crippen LogP contribution in [0, 0.1) is 5.82 Å². The van der Waals surface area contributed by atoms with Crippen molar-refractivity contribution in [1.29, 1.82) is 0 Å². The van der Waals surface area contributed by atoms with Crippen molar-refractivity contribution < 1.29 is 4.39 Å². The fraction of sp³-hybridized carbons (Fsp3) is 0.333. The average Bonchev–Trinajstić information content (AvgIpc) is 2.83. The summed E-state index contributed by atoms with van der Waals surface area (Å²) in [5, 5.41) is 5.58. The number of nitrogens with one attached hydrogen (secondary N) is 1. The Hall–Kier alpha value is -0.230. The zero-order valence-corrected chi connectivity index (χ0v) is 15.1. The second-order valence-electron chi connectivity index (χ2n) is 4.61. The van der Waals surface area contributed by atoms with Gasteiger partial charge in [0.05, 0.1) is 0 Å². The molecular formula is C15H16Br2FNS. The molecule has 2 rings (SSSR count). The fourth-order valence-electron chi connectivity index (χ4n) is 2.05. The van der Waals surface area contributed by atoms with Crippen molar-refractivity contribution in [2.45, 2.75) is 25.8 Å². The number of hydrogen-bond donors (Lipinski definition) is 1. The van der Waals surface area contributed by atoms with E-state index in [-0.39, 0.29) is 11.9 Å². The highest BCUT2D eigenvalue weighted by atomic mass is 79.9. The number of thiophene rings is 1. The van der Waals surface area contributed by atoms with Crippen molar-refractivity contribution in [2.24, 2.45) is 0 Å². The van der Waals surface area contributed by atoms with Crippen LogP contribution in [-0.4, -0.2) is 6.54 Å². The van der Waals surface area contributed by atoms with E-state index in [1.54, 1.807) is 23.5 Å². The van der Waals surface area contributed by atoms with Gasteiger partial charge in [-0.3, -0.25) is 0 Å².